The molecule has 1 heterocycles. The van der Waals surface area contributed by atoms with Crippen molar-refractivity contribution in [2.45, 2.75) is 25.8 Å². The Hall–Kier alpha value is -1.36. The van der Waals surface area contributed by atoms with E-state index in [4.69, 9.17) is 4.74 Å². The van der Waals surface area contributed by atoms with Gasteiger partial charge in [0.2, 0.25) is 0 Å². The largest absolute Gasteiger partial charge is 0.496 e. The molecule has 1 saturated carbocycles. The summed E-state index contributed by atoms with van der Waals surface area (Å²) >= 11 is 3.48. The van der Waals surface area contributed by atoms with Gasteiger partial charge in [-0.15, -0.1) is 5.10 Å². The molecule has 0 radical (unpaired) electrons. The summed E-state index contributed by atoms with van der Waals surface area (Å²) in [4.78, 5) is 0. The van der Waals surface area contributed by atoms with Crippen LogP contribution in [0.4, 0.5) is 0 Å². The van der Waals surface area contributed by atoms with Crippen LogP contribution in [0.5, 0.6) is 5.75 Å². The minimum Gasteiger partial charge on any atom is -0.496 e. The van der Waals surface area contributed by atoms with E-state index in [0.29, 0.717) is 0 Å². The molecule has 0 N–H and O–H groups in total. The van der Waals surface area contributed by atoms with Crippen LogP contribution in [-0.2, 0) is 6.54 Å². The number of hydrogen-bond donors (Lipinski definition) is 0. The van der Waals surface area contributed by atoms with Gasteiger partial charge in [0.05, 0.1) is 13.3 Å². The van der Waals surface area contributed by atoms with Crippen molar-refractivity contribution in [3.63, 3.8) is 0 Å². The van der Waals surface area contributed by atoms with Crippen molar-refractivity contribution in [2.75, 3.05) is 7.11 Å². The van der Waals surface area contributed by atoms with E-state index in [0.717, 1.165) is 33.9 Å². The smallest absolute Gasteiger partial charge is 0.128 e. The summed E-state index contributed by atoms with van der Waals surface area (Å²) in [6.45, 7) is 0.976. The Morgan fingerprint density at radius 2 is 2.26 bits per heavy atom. The molecule has 100 valence electrons. The van der Waals surface area contributed by atoms with Gasteiger partial charge in [-0.05, 0) is 37.0 Å². The number of benzene rings is 1. The number of nitrogens with zero attached hydrogens (tertiary/aromatic N) is 3. The monoisotopic (exact) mass is 321 g/mol. The molecule has 0 unspecified atom stereocenters. The van der Waals surface area contributed by atoms with Crippen molar-refractivity contribution in [1.82, 2.24) is 15.0 Å². The number of rotatable bonds is 4. The van der Waals surface area contributed by atoms with E-state index in [-0.39, 0.29) is 0 Å². The Labute approximate surface area is 120 Å². The molecule has 19 heavy (non-hydrogen) atoms. The molecule has 0 amide bonds. The van der Waals surface area contributed by atoms with Gasteiger partial charge in [0, 0.05) is 16.6 Å². The summed E-state index contributed by atoms with van der Waals surface area (Å²) in [5, 5.41) is 8.48. The topological polar surface area (TPSA) is 39.9 Å². The second kappa shape index (κ2) is 5.33. The Morgan fingerprint density at radius 3 is 2.95 bits per heavy atom. The average Bonchev–Trinajstić information content (AvgIpc) is 2.82. The Kier molecular flexibility index (Phi) is 3.55. The SMILES string of the molecule is COc1ccc(Br)cc1-c1cn(CC2CCC2)nn1. The summed E-state index contributed by atoms with van der Waals surface area (Å²) in [6.07, 6.45) is 5.99. The van der Waals surface area contributed by atoms with Gasteiger partial charge in [-0.25, -0.2) is 0 Å². The zero-order chi connectivity index (χ0) is 13.2. The van der Waals surface area contributed by atoms with Crippen molar-refractivity contribution in [1.29, 1.82) is 0 Å². The third-order valence-corrected chi connectivity index (χ3v) is 4.14. The number of halogens is 1. The van der Waals surface area contributed by atoms with Crippen LogP contribution in [0.25, 0.3) is 11.3 Å². The van der Waals surface area contributed by atoms with Crippen molar-refractivity contribution in [3.8, 4) is 17.0 Å². The van der Waals surface area contributed by atoms with Crippen molar-refractivity contribution >= 4 is 15.9 Å². The summed E-state index contributed by atoms with van der Waals surface area (Å²) in [7, 11) is 1.67. The predicted octanol–water partition coefficient (Wildman–Crippen LogP) is 3.52. The number of methoxy groups -OCH3 is 1. The number of aromatic nitrogens is 3. The molecule has 0 saturated heterocycles. The average molecular weight is 322 g/mol. The fourth-order valence-corrected chi connectivity index (χ4v) is 2.69. The van der Waals surface area contributed by atoms with Crippen molar-refractivity contribution < 1.29 is 4.74 Å². The van der Waals surface area contributed by atoms with E-state index in [9.17, 15) is 0 Å². The highest BCUT2D eigenvalue weighted by molar-refractivity contribution is 9.10. The molecule has 0 atom stereocenters. The van der Waals surface area contributed by atoms with E-state index in [2.05, 4.69) is 26.2 Å². The van der Waals surface area contributed by atoms with E-state index in [1.165, 1.54) is 19.3 Å². The molecular weight excluding hydrogens is 306 g/mol. The van der Waals surface area contributed by atoms with Crippen LogP contribution in [0, 0.1) is 5.92 Å². The summed E-state index contributed by atoms with van der Waals surface area (Å²) in [6, 6.07) is 5.90. The van der Waals surface area contributed by atoms with Crippen molar-refractivity contribution in [2.24, 2.45) is 5.92 Å². The molecule has 1 aliphatic carbocycles. The number of ether oxygens (including phenoxy) is 1. The first kappa shape index (κ1) is 12.7. The first-order valence-corrected chi connectivity index (χ1v) is 7.29. The lowest BCUT2D eigenvalue weighted by Gasteiger charge is -2.24. The fourth-order valence-electron chi connectivity index (χ4n) is 2.33. The highest BCUT2D eigenvalue weighted by Crippen LogP contribution is 2.32. The van der Waals surface area contributed by atoms with Crippen LogP contribution < -0.4 is 4.74 Å². The van der Waals surface area contributed by atoms with Crippen LogP contribution in [-0.4, -0.2) is 22.1 Å². The van der Waals surface area contributed by atoms with Gasteiger partial charge < -0.3 is 4.74 Å². The second-order valence-corrected chi connectivity index (χ2v) is 5.88. The van der Waals surface area contributed by atoms with Gasteiger partial charge in [0.1, 0.15) is 11.4 Å². The van der Waals surface area contributed by atoms with Crippen LogP contribution in [0.2, 0.25) is 0 Å². The molecular formula is C14H16BrN3O. The predicted molar refractivity (Wildman–Crippen MR) is 77.1 cm³/mol. The minimum absolute atomic E-state index is 0.777. The highest BCUT2D eigenvalue weighted by atomic mass is 79.9. The lowest BCUT2D eigenvalue weighted by atomic mass is 9.85. The lowest BCUT2D eigenvalue weighted by Crippen LogP contribution is -2.18. The van der Waals surface area contributed by atoms with E-state index >= 15 is 0 Å². The standard InChI is InChI=1S/C14H16BrN3O/c1-19-14-6-5-11(15)7-12(14)13-9-18(17-16-13)8-10-3-2-4-10/h5-7,9-10H,2-4,8H2,1H3. The van der Waals surface area contributed by atoms with Gasteiger partial charge in [-0.1, -0.05) is 27.6 Å². The zero-order valence-electron chi connectivity index (χ0n) is 10.8. The van der Waals surface area contributed by atoms with Crippen LogP contribution in [0.1, 0.15) is 19.3 Å². The minimum atomic E-state index is 0.777. The first-order valence-electron chi connectivity index (χ1n) is 6.50. The van der Waals surface area contributed by atoms with E-state index < -0.39 is 0 Å². The summed E-state index contributed by atoms with van der Waals surface area (Å²) in [5.41, 5.74) is 1.83. The fraction of sp³-hybridized carbons (Fsp3) is 0.429. The van der Waals surface area contributed by atoms with Crippen LogP contribution in [0.15, 0.2) is 28.9 Å². The normalized spacial score (nSPS) is 15.3. The molecule has 5 heteroatoms. The third kappa shape index (κ3) is 2.66. The molecule has 1 aromatic heterocycles. The van der Waals surface area contributed by atoms with Gasteiger partial charge in [0.15, 0.2) is 0 Å². The maximum atomic E-state index is 5.38. The molecule has 0 bridgehead atoms. The molecule has 0 aliphatic heterocycles. The molecule has 3 rings (SSSR count). The summed E-state index contributed by atoms with van der Waals surface area (Å²) < 4.78 is 8.33. The van der Waals surface area contributed by atoms with E-state index in [1.54, 1.807) is 7.11 Å². The van der Waals surface area contributed by atoms with Gasteiger partial charge in [0.25, 0.3) is 0 Å². The number of hydrogen-bond acceptors (Lipinski definition) is 3. The zero-order valence-corrected chi connectivity index (χ0v) is 12.4. The summed E-state index contributed by atoms with van der Waals surface area (Å²) in [5.74, 6) is 1.60. The second-order valence-electron chi connectivity index (χ2n) is 4.97. The third-order valence-electron chi connectivity index (χ3n) is 3.65. The lowest BCUT2D eigenvalue weighted by molar-refractivity contribution is 0.264. The maximum absolute atomic E-state index is 5.38. The van der Waals surface area contributed by atoms with Crippen molar-refractivity contribution in [3.05, 3.63) is 28.9 Å². The Balaban J connectivity index is 1.86. The molecule has 4 nitrogen and oxygen atoms in total. The first-order chi connectivity index (χ1) is 9.26. The maximum Gasteiger partial charge on any atom is 0.128 e. The van der Waals surface area contributed by atoms with Crippen LogP contribution >= 0.6 is 15.9 Å². The van der Waals surface area contributed by atoms with Gasteiger partial charge >= 0.3 is 0 Å². The molecule has 1 aliphatic rings. The molecule has 1 aromatic carbocycles. The molecule has 1 fully saturated rings. The van der Waals surface area contributed by atoms with Crippen LogP contribution in [0.3, 0.4) is 0 Å². The quantitative estimate of drug-likeness (QED) is 0.865. The Morgan fingerprint density at radius 1 is 1.42 bits per heavy atom. The molecule has 0 spiro atoms. The van der Waals surface area contributed by atoms with E-state index in [1.807, 2.05) is 29.1 Å². The Bertz CT molecular complexity index is 578. The van der Waals surface area contributed by atoms with Gasteiger partial charge in [-0.3, -0.25) is 4.68 Å². The molecule has 2 aromatic rings. The highest BCUT2D eigenvalue weighted by Gasteiger charge is 2.19. The van der Waals surface area contributed by atoms with Gasteiger partial charge in [-0.2, -0.15) is 0 Å².